The van der Waals surface area contributed by atoms with Crippen LogP contribution >= 0.6 is 11.6 Å². The third kappa shape index (κ3) is 4.08. The topological polar surface area (TPSA) is 38.0 Å². The molecule has 0 aliphatic carbocycles. The van der Waals surface area contributed by atoms with Gasteiger partial charge in [0.05, 0.1) is 22.5 Å². The Hall–Kier alpha value is -1.32. The van der Waals surface area contributed by atoms with Crippen LogP contribution in [0.3, 0.4) is 0 Å². The Kier molecular flexibility index (Phi) is 5.43. The molecule has 0 aliphatic rings. The van der Waals surface area contributed by atoms with Gasteiger partial charge >= 0.3 is 0 Å². The van der Waals surface area contributed by atoms with E-state index in [2.05, 4.69) is 36.3 Å². The maximum Gasteiger partial charge on any atom is 0.0848 e. The summed E-state index contributed by atoms with van der Waals surface area (Å²) in [7, 11) is 0. The number of halogens is 1. The zero-order chi connectivity index (χ0) is 15.4. The highest BCUT2D eigenvalue weighted by atomic mass is 35.5. The quantitative estimate of drug-likeness (QED) is 0.883. The number of nitrogens with zero attached hydrogens (tertiary/aromatic N) is 2. The smallest absolute Gasteiger partial charge is 0.0848 e. The minimum absolute atomic E-state index is 0.399. The van der Waals surface area contributed by atoms with Gasteiger partial charge in [-0.15, -0.1) is 0 Å². The number of benzene rings is 1. The first-order valence-corrected chi connectivity index (χ1v) is 7.84. The molecule has 2 aromatic rings. The maximum atomic E-state index is 10.3. The van der Waals surface area contributed by atoms with Gasteiger partial charge in [-0.2, -0.15) is 5.10 Å². The van der Waals surface area contributed by atoms with Crippen molar-refractivity contribution >= 4 is 11.6 Å². The number of aromatic nitrogens is 2. The van der Waals surface area contributed by atoms with E-state index in [1.165, 1.54) is 11.1 Å². The molecule has 1 atom stereocenters. The third-order valence-corrected chi connectivity index (χ3v) is 4.22. The Labute approximate surface area is 131 Å². The molecule has 0 fully saturated rings. The van der Waals surface area contributed by atoms with Crippen molar-refractivity contribution in [2.45, 2.75) is 52.7 Å². The highest BCUT2D eigenvalue weighted by Gasteiger charge is 2.16. The van der Waals surface area contributed by atoms with Crippen molar-refractivity contribution in [3.63, 3.8) is 0 Å². The fourth-order valence-electron chi connectivity index (χ4n) is 2.59. The average molecular weight is 307 g/mol. The van der Waals surface area contributed by atoms with E-state index in [0.717, 1.165) is 30.8 Å². The molecule has 0 saturated carbocycles. The summed E-state index contributed by atoms with van der Waals surface area (Å²) in [5, 5.41) is 15.4. The van der Waals surface area contributed by atoms with Crippen molar-refractivity contribution in [2.75, 3.05) is 0 Å². The van der Waals surface area contributed by atoms with Crippen molar-refractivity contribution in [1.82, 2.24) is 9.78 Å². The van der Waals surface area contributed by atoms with E-state index in [1.54, 1.807) is 0 Å². The van der Waals surface area contributed by atoms with Gasteiger partial charge in [0.15, 0.2) is 0 Å². The zero-order valence-corrected chi connectivity index (χ0v) is 13.7. The van der Waals surface area contributed by atoms with Crippen LogP contribution in [0.25, 0.3) is 0 Å². The van der Waals surface area contributed by atoms with Gasteiger partial charge in [-0.05, 0) is 39.2 Å². The Balaban J connectivity index is 1.97. The van der Waals surface area contributed by atoms with Gasteiger partial charge in [-0.3, -0.25) is 4.68 Å². The summed E-state index contributed by atoms with van der Waals surface area (Å²) in [6.07, 6.45) is 1.76. The molecule has 0 saturated heterocycles. The average Bonchev–Trinajstić information content (AvgIpc) is 2.73. The lowest BCUT2D eigenvalue weighted by atomic mass is 10.0. The molecule has 114 valence electrons. The third-order valence-electron chi connectivity index (χ3n) is 3.73. The molecule has 4 heteroatoms. The molecule has 1 aromatic carbocycles. The minimum atomic E-state index is -0.399. The number of aliphatic hydroxyl groups excluding tert-OH is 1. The monoisotopic (exact) mass is 306 g/mol. The van der Waals surface area contributed by atoms with Gasteiger partial charge in [0.25, 0.3) is 0 Å². The molecule has 1 heterocycles. The van der Waals surface area contributed by atoms with Gasteiger partial charge in [-0.25, -0.2) is 0 Å². The predicted octanol–water partition coefficient (Wildman–Crippen LogP) is 3.71. The van der Waals surface area contributed by atoms with Crippen molar-refractivity contribution in [3.8, 4) is 0 Å². The van der Waals surface area contributed by atoms with Crippen LogP contribution in [0.1, 0.15) is 35.9 Å². The normalized spacial score (nSPS) is 12.6. The molecule has 1 aromatic heterocycles. The molecule has 0 radical (unpaired) electrons. The number of rotatable bonds is 6. The fourth-order valence-corrected chi connectivity index (χ4v) is 2.80. The standard InChI is InChI=1S/C17H23ClN2O/c1-4-20-16(17(18)13(3)19-20)11-15(21)9-8-14-7-5-6-12(2)10-14/h5-7,10,15,21H,4,8-9,11H2,1-3H3. The van der Waals surface area contributed by atoms with Gasteiger partial charge < -0.3 is 5.11 Å². The van der Waals surface area contributed by atoms with Gasteiger partial charge in [-0.1, -0.05) is 41.4 Å². The second-order valence-electron chi connectivity index (χ2n) is 5.55. The Morgan fingerprint density at radius 3 is 2.76 bits per heavy atom. The van der Waals surface area contributed by atoms with Crippen molar-refractivity contribution < 1.29 is 5.11 Å². The van der Waals surface area contributed by atoms with Gasteiger partial charge in [0.2, 0.25) is 0 Å². The Bertz CT molecular complexity index is 607. The molecule has 2 rings (SSSR count). The molecular formula is C17H23ClN2O. The molecule has 1 N–H and O–H groups in total. The summed E-state index contributed by atoms with van der Waals surface area (Å²) in [6, 6.07) is 8.42. The summed E-state index contributed by atoms with van der Waals surface area (Å²) >= 11 is 6.28. The summed E-state index contributed by atoms with van der Waals surface area (Å²) in [5.74, 6) is 0. The van der Waals surface area contributed by atoms with Gasteiger partial charge in [0.1, 0.15) is 0 Å². The molecule has 0 bridgehead atoms. The van der Waals surface area contributed by atoms with Crippen molar-refractivity contribution in [1.29, 1.82) is 0 Å². The summed E-state index contributed by atoms with van der Waals surface area (Å²) in [5.41, 5.74) is 4.29. The van der Waals surface area contributed by atoms with E-state index in [9.17, 15) is 5.11 Å². The van der Waals surface area contributed by atoms with Crippen LogP contribution < -0.4 is 0 Å². The molecule has 21 heavy (non-hydrogen) atoms. The SMILES string of the molecule is CCn1nc(C)c(Cl)c1CC(O)CCc1cccc(C)c1. The number of aryl methyl sites for hydroxylation is 4. The van der Waals surface area contributed by atoms with Crippen LogP contribution in [0.15, 0.2) is 24.3 Å². The second-order valence-corrected chi connectivity index (χ2v) is 5.93. The Morgan fingerprint density at radius 2 is 2.10 bits per heavy atom. The molecule has 0 amide bonds. The van der Waals surface area contributed by atoms with E-state index in [-0.39, 0.29) is 0 Å². The van der Waals surface area contributed by atoms with Crippen LogP contribution in [0, 0.1) is 13.8 Å². The van der Waals surface area contributed by atoms with E-state index < -0.39 is 6.10 Å². The maximum absolute atomic E-state index is 10.3. The molecular weight excluding hydrogens is 284 g/mol. The van der Waals surface area contributed by atoms with E-state index in [1.807, 2.05) is 18.5 Å². The van der Waals surface area contributed by atoms with Crippen LogP contribution in [0.2, 0.25) is 5.02 Å². The second kappa shape index (κ2) is 7.10. The summed E-state index contributed by atoms with van der Waals surface area (Å²) < 4.78 is 1.88. The molecule has 3 nitrogen and oxygen atoms in total. The lowest BCUT2D eigenvalue weighted by Crippen LogP contribution is -2.15. The lowest BCUT2D eigenvalue weighted by molar-refractivity contribution is 0.162. The number of hydrogen-bond donors (Lipinski definition) is 1. The van der Waals surface area contributed by atoms with Crippen LogP contribution in [0.5, 0.6) is 0 Å². The van der Waals surface area contributed by atoms with Crippen LogP contribution in [0.4, 0.5) is 0 Å². The first-order valence-electron chi connectivity index (χ1n) is 7.46. The van der Waals surface area contributed by atoms with Crippen LogP contribution in [-0.4, -0.2) is 21.0 Å². The van der Waals surface area contributed by atoms with E-state index in [4.69, 9.17) is 11.6 Å². The summed E-state index contributed by atoms with van der Waals surface area (Å²) in [6.45, 7) is 6.79. The van der Waals surface area contributed by atoms with Gasteiger partial charge in [0, 0.05) is 13.0 Å². The minimum Gasteiger partial charge on any atom is -0.393 e. The molecule has 1 unspecified atom stereocenters. The predicted molar refractivity (Wildman–Crippen MR) is 86.9 cm³/mol. The Morgan fingerprint density at radius 1 is 1.33 bits per heavy atom. The fraction of sp³-hybridized carbons (Fsp3) is 0.471. The van der Waals surface area contributed by atoms with E-state index >= 15 is 0 Å². The lowest BCUT2D eigenvalue weighted by Gasteiger charge is -2.12. The number of aliphatic hydroxyl groups is 1. The van der Waals surface area contributed by atoms with E-state index in [0.29, 0.717) is 11.4 Å². The van der Waals surface area contributed by atoms with Crippen LogP contribution in [-0.2, 0) is 19.4 Å². The first-order chi connectivity index (χ1) is 10.0. The highest BCUT2D eigenvalue weighted by molar-refractivity contribution is 6.31. The first kappa shape index (κ1) is 16.1. The summed E-state index contributed by atoms with van der Waals surface area (Å²) in [4.78, 5) is 0. The molecule has 0 spiro atoms. The number of hydrogen-bond acceptors (Lipinski definition) is 2. The zero-order valence-electron chi connectivity index (χ0n) is 12.9. The highest BCUT2D eigenvalue weighted by Crippen LogP contribution is 2.22. The largest absolute Gasteiger partial charge is 0.393 e. The van der Waals surface area contributed by atoms with Crippen molar-refractivity contribution in [2.24, 2.45) is 0 Å². The van der Waals surface area contributed by atoms with Crippen molar-refractivity contribution in [3.05, 3.63) is 51.8 Å². The molecule has 0 aliphatic heterocycles.